The van der Waals surface area contributed by atoms with Gasteiger partial charge < -0.3 is 14.8 Å². The number of rotatable bonds is 3. The van der Waals surface area contributed by atoms with E-state index >= 15 is 0 Å². The van der Waals surface area contributed by atoms with Crippen molar-refractivity contribution < 1.29 is 19.1 Å². The number of anilines is 1. The molecule has 1 fully saturated rings. The lowest BCUT2D eigenvalue weighted by Gasteiger charge is -2.27. The molecule has 0 aliphatic carbocycles. The Morgan fingerprint density at radius 2 is 1.91 bits per heavy atom. The highest BCUT2D eigenvalue weighted by Crippen LogP contribution is 2.25. The van der Waals surface area contributed by atoms with Crippen molar-refractivity contribution in [1.29, 1.82) is 0 Å². The molecule has 126 valence electrons. The smallest absolute Gasteiger partial charge is 0.411 e. The third-order valence-corrected chi connectivity index (χ3v) is 4.18. The predicted molar refractivity (Wildman–Crippen MR) is 90.8 cm³/mol. The first-order chi connectivity index (χ1) is 10.8. The predicted octanol–water partition coefficient (Wildman–Crippen LogP) is 2.94. The fourth-order valence-corrected chi connectivity index (χ4v) is 3.20. The first kappa shape index (κ1) is 17.5. The van der Waals surface area contributed by atoms with E-state index in [9.17, 15) is 9.59 Å². The van der Waals surface area contributed by atoms with Crippen LogP contribution in [0.5, 0.6) is 5.75 Å². The van der Waals surface area contributed by atoms with E-state index in [0.29, 0.717) is 17.3 Å². The van der Waals surface area contributed by atoms with E-state index in [1.807, 2.05) is 0 Å². The van der Waals surface area contributed by atoms with E-state index in [-0.39, 0.29) is 5.91 Å². The summed E-state index contributed by atoms with van der Waals surface area (Å²) in [4.78, 5) is 26.1. The van der Waals surface area contributed by atoms with Gasteiger partial charge in [-0.25, -0.2) is 4.79 Å². The average Bonchev–Trinajstić information content (AvgIpc) is 2.96. The molecule has 0 spiro atoms. The number of nitrogens with zero attached hydrogens (tertiary/aromatic N) is 1. The Morgan fingerprint density at radius 3 is 2.48 bits per heavy atom. The number of methoxy groups -OCH3 is 1. The van der Waals surface area contributed by atoms with Gasteiger partial charge in [-0.3, -0.25) is 9.69 Å². The molecule has 1 aromatic carbocycles. The van der Waals surface area contributed by atoms with Crippen LogP contribution in [0.25, 0.3) is 0 Å². The minimum atomic E-state index is -0.582. The standard InChI is InChI=1S/C16H22N2O4S/c1-16(2,3)22-15(20)18-10-23-9-13(18)14(19)17-11-5-7-12(21-4)8-6-11/h5-8,13H,9-10H2,1-4H3,(H,17,19). The number of nitrogens with one attached hydrogen (secondary N) is 1. The third kappa shape index (κ3) is 4.79. The van der Waals surface area contributed by atoms with E-state index < -0.39 is 17.7 Å². The van der Waals surface area contributed by atoms with Crippen LogP contribution in [0.4, 0.5) is 10.5 Å². The summed E-state index contributed by atoms with van der Waals surface area (Å²) in [5.74, 6) is 1.51. The van der Waals surface area contributed by atoms with Gasteiger partial charge in [0.15, 0.2) is 0 Å². The van der Waals surface area contributed by atoms with Gasteiger partial charge in [-0.1, -0.05) is 0 Å². The van der Waals surface area contributed by atoms with Crippen molar-refractivity contribution in [2.75, 3.05) is 24.1 Å². The molecule has 23 heavy (non-hydrogen) atoms. The summed E-state index contributed by atoms with van der Waals surface area (Å²) >= 11 is 1.53. The number of thioether (sulfide) groups is 1. The van der Waals surface area contributed by atoms with Gasteiger partial charge in [0, 0.05) is 11.4 Å². The van der Waals surface area contributed by atoms with Gasteiger partial charge in [0.2, 0.25) is 5.91 Å². The zero-order valence-corrected chi connectivity index (χ0v) is 14.6. The Morgan fingerprint density at radius 1 is 1.26 bits per heavy atom. The van der Waals surface area contributed by atoms with Crippen LogP contribution in [0.2, 0.25) is 0 Å². The van der Waals surface area contributed by atoms with Crippen LogP contribution in [-0.4, -0.2) is 47.3 Å². The van der Waals surface area contributed by atoms with Crippen LogP contribution >= 0.6 is 11.8 Å². The highest BCUT2D eigenvalue weighted by atomic mass is 32.2. The van der Waals surface area contributed by atoms with E-state index in [2.05, 4.69) is 5.32 Å². The number of carbonyl (C=O) groups is 2. The van der Waals surface area contributed by atoms with Crippen LogP contribution in [-0.2, 0) is 9.53 Å². The molecule has 0 bridgehead atoms. The molecule has 1 saturated heterocycles. The lowest BCUT2D eigenvalue weighted by atomic mass is 10.2. The van der Waals surface area contributed by atoms with Crippen molar-refractivity contribution in [3.63, 3.8) is 0 Å². The quantitative estimate of drug-likeness (QED) is 0.918. The van der Waals surface area contributed by atoms with E-state index in [0.717, 1.165) is 5.75 Å². The minimum Gasteiger partial charge on any atom is -0.497 e. The molecule has 2 amide bonds. The molecule has 1 unspecified atom stereocenters. The largest absolute Gasteiger partial charge is 0.497 e. The zero-order valence-electron chi connectivity index (χ0n) is 13.8. The second kappa shape index (κ2) is 7.12. The van der Waals surface area contributed by atoms with Crippen LogP contribution in [0.1, 0.15) is 20.8 Å². The summed E-state index contributed by atoms with van der Waals surface area (Å²) in [5, 5.41) is 2.83. The first-order valence-electron chi connectivity index (χ1n) is 7.32. The van der Waals surface area contributed by atoms with Crippen molar-refractivity contribution in [1.82, 2.24) is 4.90 Å². The molecule has 1 N–H and O–H groups in total. The van der Waals surface area contributed by atoms with Crippen molar-refractivity contribution in [3.05, 3.63) is 24.3 Å². The molecule has 6 nitrogen and oxygen atoms in total. The van der Waals surface area contributed by atoms with Crippen molar-refractivity contribution >= 4 is 29.4 Å². The Hall–Kier alpha value is -1.89. The molecule has 1 aliphatic rings. The maximum absolute atomic E-state index is 12.4. The van der Waals surface area contributed by atoms with Gasteiger partial charge in [0.1, 0.15) is 17.4 Å². The second-order valence-electron chi connectivity index (χ2n) is 6.18. The summed E-state index contributed by atoms with van der Waals surface area (Å²) in [5.41, 5.74) is 0.0817. The molecule has 1 heterocycles. The molecule has 0 saturated carbocycles. The van der Waals surface area contributed by atoms with Crippen molar-refractivity contribution in [2.24, 2.45) is 0 Å². The van der Waals surface area contributed by atoms with Crippen LogP contribution in [0.3, 0.4) is 0 Å². The summed E-state index contributed by atoms with van der Waals surface area (Å²) in [6.07, 6.45) is -0.461. The van der Waals surface area contributed by atoms with Gasteiger partial charge in [0.05, 0.1) is 13.0 Å². The van der Waals surface area contributed by atoms with Crippen molar-refractivity contribution in [3.8, 4) is 5.75 Å². The van der Waals surface area contributed by atoms with Crippen LogP contribution in [0.15, 0.2) is 24.3 Å². The molecule has 1 aromatic rings. The number of benzene rings is 1. The van der Waals surface area contributed by atoms with Gasteiger partial charge in [-0.15, -0.1) is 11.8 Å². The first-order valence-corrected chi connectivity index (χ1v) is 8.48. The molecular formula is C16H22N2O4S. The summed E-state index contributed by atoms with van der Waals surface area (Å²) in [6.45, 7) is 5.42. The van der Waals surface area contributed by atoms with Crippen LogP contribution < -0.4 is 10.1 Å². The number of hydrogen-bond donors (Lipinski definition) is 1. The van der Waals surface area contributed by atoms with E-state index in [1.54, 1.807) is 52.1 Å². The SMILES string of the molecule is COc1ccc(NC(=O)C2CSCN2C(=O)OC(C)(C)C)cc1. The fourth-order valence-electron chi connectivity index (χ4n) is 2.06. The van der Waals surface area contributed by atoms with Gasteiger partial charge in [-0.05, 0) is 45.0 Å². The molecule has 7 heteroatoms. The normalized spacial score (nSPS) is 17.7. The number of ether oxygens (including phenoxy) is 2. The molecule has 1 atom stereocenters. The second-order valence-corrected chi connectivity index (χ2v) is 7.18. The van der Waals surface area contributed by atoms with E-state index in [4.69, 9.17) is 9.47 Å². The van der Waals surface area contributed by atoms with E-state index in [1.165, 1.54) is 16.7 Å². The van der Waals surface area contributed by atoms with Crippen molar-refractivity contribution in [2.45, 2.75) is 32.4 Å². The molecule has 2 rings (SSSR count). The Labute approximate surface area is 140 Å². The Kier molecular flexibility index (Phi) is 5.41. The maximum atomic E-state index is 12.4. The minimum absolute atomic E-state index is 0.217. The molecule has 0 radical (unpaired) electrons. The highest BCUT2D eigenvalue weighted by molar-refractivity contribution is 7.99. The maximum Gasteiger partial charge on any atom is 0.411 e. The summed E-state index contributed by atoms with van der Waals surface area (Å²) < 4.78 is 10.4. The monoisotopic (exact) mass is 338 g/mol. The lowest BCUT2D eigenvalue weighted by Crippen LogP contribution is -2.46. The Bertz CT molecular complexity index is 568. The molecule has 1 aliphatic heterocycles. The molecule has 0 aromatic heterocycles. The zero-order chi connectivity index (χ0) is 17.0. The number of carbonyl (C=O) groups excluding carboxylic acids is 2. The fraction of sp³-hybridized carbons (Fsp3) is 0.500. The molecular weight excluding hydrogens is 316 g/mol. The number of amides is 2. The van der Waals surface area contributed by atoms with Crippen LogP contribution in [0, 0.1) is 0 Å². The summed E-state index contributed by atoms with van der Waals surface area (Å²) in [6, 6.07) is 6.53. The highest BCUT2D eigenvalue weighted by Gasteiger charge is 2.37. The lowest BCUT2D eigenvalue weighted by molar-refractivity contribution is -0.120. The number of hydrogen-bond acceptors (Lipinski definition) is 5. The average molecular weight is 338 g/mol. The van der Waals surface area contributed by atoms with Gasteiger partial charge in [-0.2, -0.15) is 0 Å². The van der Waals surface area contributed by atoms with Gasteiger partial charge >= 0.3 is 6.09 Å². The topological polar surface area (TPSA) is 67.9 Å². The Balaban J connectivity index is 2.00. The van der Waals surface area contributed by atoms with Gasteiger partial charge in [0.25, 0.3) is 0 Å². The third-order valence-electron chi connectivity index (χ3n) is 3.17. The summed E-state index contributed by atoms with van der Waals surface area (Å²) in [7, 11) is 1.59.